The zero-order chi connectivity index (χ0) is 28.1. The van der Waals surface area contributed by atoms with Crippen LogP contribution in [0.5, 0.6) is 5.75 Å². The summed E-state index contributed by atoms with van der Waals surface area (Å²) in [5.74, 6) is 0.769. The third-order valence-corrected chi connectivity index (χ3v) is 7.98. The van der Waals surface area contributed by atoms with Gasteiger partial charge in [0.25, 0.3) is 11.5 Å². The van der Waals surface area contributed by atoms with E-state index in [0.29, 0.717) is 28.5 Å². The number of allylic oxidation sites excluding steroid dienone is 2. The lowest BCUT2D eigenvalue weighted by Gasteiger charge is -2.36. The number of amides is 1. The first-order valence-corrected chi connectivity index (χ1v) is 13.6. The maximum atomic E-state index is 13.6. The second-order valence-corrected chi connectivity index (χ2v) is 10.4. The molecule has 0 radical (unpaired) electrons. The maximum absolute atomic E-state index is 13.6. The van der Waals surface area contributed by atoms with Crippen molar-refractivity contribution in [2.24, 2.45) is 5.92 Å². The van der Waals surface area contributed by atoms with Crippen LogP contribution in [0.15, 0.2) is 72.1 Å². The van der Waals surface area contributed by atoms with E-state index >= 15 is 0 Å². The van der Waals surface area contributed by atoms with Gasteiger partial charge in [0.2, 0.25) is 0 Å². The number of para-hydroxylation sites is 1. The van der Waals surface area contributed by atoms with Gasteiger partial charge in [-0.15, -0.1) is 0 Å². The highest BCUT2D eigenvalue weighted by atomic mass is 16.5. The molecule has 206 valence electrons. The Bertz CT molecular complexity index is 1450. The number of hydrogen-bond acceptors (Lipinski definition) is 4. The molecule has 1 aliphatic heterocycles. The molecule has 0 unspecified atom stereocenters. The number of aromatic amines is 1. The number of H-pyrrole nitrogens is 1. The molecule has 0 bridgehead atoms. The predicted molar refractivity (Wildman–Crippen MR) is 159 cm³/mol. The molecule has 7 heteroatoms. The van der Waals surface area contributed by atoms with Crippen LogP contribution in [0, 0.1) is 19.8 Å². The number of methoxy groups -OCH3 is 1. The van der Waals surface area contributed by atoms with Crippen molar-refractivity contribution in [3.8, 4) is 5.75 Å². The van der Waals surface area contributed by atoms with Crippen molar-refractivity contribution in [3.05, 3.63) is 100 Å². The van der Waals surface area contributed by atoms with Crippen molar-refractivity contribution in [1.82, 2.24) is 19.8 Å². The fraction of sp³-hybridized carbons (Fsp3) is 0.375. The third kappa shape index (κ3) is 5.93. The molecule has 39 heavy (non-hydrogen) atoms. The van der Waals surface area contributed by atoms with E-state index in [2.05, 4.69) is 45.9 Å². The van der Waals surface area contributed by atoms with E-state index in [1.54, 1.807) is 13.0 Å². The number of pyridine rings is 1. The van der Waals surface area contributed by atoms with Gasteiger partial charge in [0.15, 0.2) is 0 Å². The SMILES string of the molecule is C=C/C=C(\C=C)CN1CCC([C@@H](C)n2c(C)c(C(=O)NCc3c(OC)cc(C)[nH]c3=O)c3ccccc32)CC1. The topological polar surface area (TPSA) is 79.4 Å². The zero-order valence-corrected chi connectivity index (χ0v) is 23.5. The maximum Gasteiger partial charge on any atom is 0.256 e. The molecule has 1 aliphatic rings. The monoisotopic (exact) mass is 528 g/mol. The molecular formula is C32H40N4O3. The van der Waals surface area contributed by atoms with Gasteiger partial charge in [0, 0.05) is 34.9 Å². The summed E-state index contributed by atoms with van der Waals surface area (Å²) in [4.78, 5) is 31.4. The normalized spacial score (nSPS) is 15.7. The van der Waals surface area contributed by atoms with Gasteiger partial charge in [-0.3, -0.25) is 14.5 Å². The molecule has 2 N–H and O–H groups in total. The summed E-state index contributed by atoms with van der Waals surface area (Å²) in [6.07, 6.45) is 7.92. The first-order valence-electron chi connectivity index (χ1n) is 13.6. The number of ether oxygens (including phenoxy) is 1. The second-order valence-electron chi connectivity index (χ2n) is 10.4. The Balaban J connectivity index is 1.55. The van der Waals surface area contributed by atoms with Crippen LogP contribution in [0.4, 0.5) is 0 Å². The summed E-state index contributed by atoms with van der Waals surface area (Å²) >= 11 is 0. The van der Waals surface area contributed by atoms with Crippen LogP contribution < -0.4 is 15.6 Å². The first kappa shape index (κ1) is 28.2. The number of carbonyl (C=O) groups excluding carboxylic acids is 1. The van der Waals surface area contributed by atoms with Gasteiger partial charge in [-0.1, -0.05) is 49.6 Å². The Morgan fingerprint density at radius 1 is 1.23 bits per heavy atom. The Morgan fingerprint density at radius 2 is 1.95 bits per heavy atom. The average molecular weight is 529 g/mol. The van der Waals surface area contributed by atoms with E-state index in [1.165, 1.54) is 12.7 Å². The standard InChI is InChI=1S/C32H40N4O3/c1-7-11-24(8-2)20-35-16-14-25(15-17-35)22(4)36-23(5)30(26-12-9-10-13-28(26)36)32(38)33-19-27-29(39-6)18-21(3)34-31(27)37/h7-13,18,22,25H,1-2,14-17,19-20H2,3-6H3,(H,33,38)(H,34,37)/b24-11+/t22-/m1/s1. The van der Waals surface area contributed by atoms with Gasteiger partial charge in [0.05, 0.1) is 24.8 Å². The van der Waals surface area contributed by atoms with Gasteiger partial charge in [-0.2, -0.15) is 0 Å². The number of likely N-dealkylation sites (tertiary alicyclic amines) is 1. The first-order chi connectivity index (χ1) is 18.8. The van der Waals surface area contributed by atoms with E-state index in [4.69, 9.17) is 4.74 Å². The van der Waals surface area contributed by atoms with E-state index in [9.17, 15) is 9.59 Å². The summed E-state index contributed by atoms with van der Waals surface area (Å²) in [6, 6.07) is 10.1. The molecule has 1 amide bonds. The highest BCUT2D eigenvalue weighted by Crippen LogP contribution is 2.36. The molecule has 1 fully saturated rings. The fourth-order valence-electron chi connectivity index (χ4n) is 5.89. The van der Waals surface area contributed by atoms with Gasteiger partial charge >= 0.3 is 0 Å². The molecule has 3 heterocycles. The molecule has 3 aromatic rings. The van der Waals surface area contributed by atoms with Gasteiger partial charge in [0.1, 0.15) is 5.75 Å². The van der Waals surface area contributed by atoms with Crippen LogP contribution in [-0.2, 0) is 6.54 Å². The summed E-state index contributed by atoms with van der Waals surface area (Å²) in [7, 11) is 1.53. The lowest BCUT2D eigenvalue weighted by atomic mass is 9.89. The molecule has 1 saturated heterocycles. The van der Waals surface area contributed by atoms with Crippen molar-refractivity contribution >= 4 is 16.8 Å². The lowest BCUT2D eigenvalue weighted by molar-refractivity contribution is 0.0951. The van der Waals surface area contributed by atoms with Crippen molar-refractivity contribution in [2.75, 3.05) is 26.7 Å². The van der Waals surface area contributed by atoms with Gasteiger partial charge in [-0.05, 0) is 70.3 Å². The molecule has 1 atom stereocenters. The minimum atomic E-state index is -0.258. The van der Waals surface area contributed by atoms with E-state index in [1.807, 2.05) is 43.4 Å². The van der Waals surface area contributed by atoms with Crippen LogP contribution in [0.3, 0.4) is 0 Å². The summed E-state index contributed by atoms with van der Waals surface area (Å²) in [6.45, 7) is 16.8. The Hall–Kier alpha value is -3.84. The molecule has 0 aliphatic carbocycles. The quantitative estimate of drug-likeness (QED) is 0.343. The largest absolute Gasteiger partial charge is 0.496 e. The van der Waals surface area contributed by atoms with Crippen LogP contribution in [0.1, 0.15) is 53.1 Å². The summed E-state index contributed by atoms with van der Waals surface area (Å²) < 4.78 is 7.73. The van der Waals surface area contributed by atoms with Crippen molar-refractivity contribution in [2.45, 2.75) is 46.2 Å². The highest BCUT2D eigenvalue weighted by Gasteiger charge is 2.29. The van der Waals surface area contributed by atoms with E-state index < -0.39 is 0 Å². The smallest absolute Gasteiger partial charge is 0.256 e. The second kappa shape index (κ2) is 12.3. The molecular weight excluding hydrogens is 488 g/mol. The third-order valence-electron chi connectivity index (χ3n) is 7.98. The van der Waals surface area contributed by atoms with Crippen LogP contribution in [0.2, 0.25) is 0 Å². The molecule has 1 aromatic carbocycles. The van der Waals surface area contributed by atoms with Crippen molar-refractivity contribution in [1.29, 1.82) is 0 Å². The number of aromatic nitrogens is 2. The van der Waals surface area contributed by atoms with Crippen molar-refractivity contribution < 1.29 is 9.53 Å². The van der Waals surface area contributed by atoms with Gasteiger partial charge in [-0.25, -0.2) is 0 Å². The van der Waals surface area contributed by atoms with E-state index in [-0.39, 0.29) is 24.1 Å². The summed E-state index contributed by atoms with van der Waals surface area (Å²) in [5.41, 5.74) is 4.69. The average Bonchev–Trinajstić information content (AvgIpc) is 3.23. The molecule has 2 aromatic heterocycles. The Morgan fingerprint density at radius 3 is 2.62 bits per heavy atom. The predicted octanol–water partition coefficient (Wildman–Crippen LogP) is 5.46. The molecule has 7 nitrogen and oxygen atoms in total. The molecule has 0 spiro atoms. The molecule has 4 rings (SSSR count). The number of rotatable bonds is 10. The number of fused-ring (bicyclic) bond motifs is 1. The Labute approximate surface area is 230 Å². The van der Waals surface area contributed by atoms with E-state index in [0.717, 1.165) is 49.1 Å². The zero-order valence-electron chi connectivity index (χ0n) is 23.5. The molecule has 0 saturated carbocycles. The van der Waals surface area contributed by atoms with Crippen LogP contribution >= 0.6 is 0 Å². The highest BCUT2D eigenvalue weighted by molar-refractivity contribution is 6.08. The van der Waals surface area contributed by atoms with Crippen molar-refractivity contribution in [3.63, 3.8) is 0 Å². The summed E-state index contributed by atoms with van der Waals surface area (Å²) in [5, 5.41) is 3.90. The minimum Gasteiger partial charge on any atom is -0.496 e. The van der Waals surface area contributed by atoms with Crippen LogP contribution in [-0.4, -0.2) is 47.1 Å². The number of carbonyl (C=O) groups is 1. The minimum absolute atomic E-state index is 0.0809. The number of aryl methyl sites for hydroxylation is 1. The fourth-order valence-corrected chi connectivity index (χ4v) is 5.89. The van der Waals surface area contributed by atoms with Gasteiger partial charge < -0.3 is 19.6 Å². The number of nitrogens with one attached hydrogen (secondary N) is 2. The number of piperidine rings is 1. The Kier molecular flexibility index (Phi) is 8.92. The lowest BCUT2D eigenvalue weighted by Crippen LogP contribution is -2.37. The van der Waals surface area contributed by atoms with Crippen LogP contribution in [0.25, 0.3) is 10.9 Å². The number of nitrogens with zero attached hydrogens (tertiary/aromatic N) is 2. The number of benzene rings is 1. The number of hydrogen-bond donors (Lipinski definition) is 2.